The van der Waals surface area contributed by atoms with E-state index in [9.17, 15) is 15.0 Å². The molecule has 4 fully saturated rings. The fraction of sp³-hybridized carbons (Fsp3) is 0.900. The van der Waals surface area contributed by atoms with Crippen molar-refractivity contribution in [3.05, 3.63) is 11.6 Å². The van der Waals surface area contributed by atoms with Gasteiger partial charge in [-0.3, -0.25) is 0 Å². The Morgan fingerprint density at radius 1 is 0.912 bits per heavy atom. The molecule has 0 spiro atoms. The number of allylic oxidation sites excluding steroid dienone is 2. The quantitative estimate of drug-likeness (QED) is 0.439. The highest BCUT2D eigenvalue weighted by Crippen LogP contribution is 2.75. The third kappa shape index (κ3) is 3.06. The zero-order valence-electron chi connectivity index (χ0n) is 23.2. The Hall–Kier alpha value is -0.870. The van der Waals surface area contributed by atoms with E-state index in [4.69, 9.17) is 0 Å². The third-order valence-corrected chi connectivity index (χ3v) is 13.0. The minimum atomic E-state index is -0.795. The predicted molar refractivity (Wildman–Crippen MR) is 136 cm³/mol. The highest BCUT2D eigenvalue weighted by molar-refractivity contribution is 5.74. The second-order valence-electron chi connectivity index (χ2n) is 15.0. The fourth-order valence-electron chi connectivity index (χ4n) is 10.6. The van der Waals surface area contributed by atoms with Gasteiger partial charge in [-0.15, -0.1) is 0 Å². The monoisotopic (exact) mass is 473 g/mol. The van der Waals surface area contributed by atoms with Gasteiger partial charge in [0, 0.05) is 11.4 Å². The highest BCUT2D eigenvalue weighted by Gasteiger charge is 2.68. The third-order valence-electron chi connectivity index (χ3n) is 13.0. The molecule has 34 heavy (non-hydrogen) atoms. The molecule has 4 nitrogen and oxygen atoms in total. The van der Waals surface area contributed by atoms with E-state index in [0.29, 0.717) is 11.8 Å². The molecule has 5 aliphatic carbocycles. The summed E-state index contributed by atoms with van der Waals surface area (Å²) < 4.78 is 0. The molecule has 8 atom stereocenters. The van der Waals surface area contributed by atoms with Gasteiger partial charge in [0.1, 0.15) is 0 Å². The molecule has 0 radical (unpaired) electrons. The van der Waals surface area contributed by atoms with Gasteiger partial charge in [-0.2, -0.15) is 0 Å². The molecular formula is C30H51NO3. The second kappa shape index (κ2) is 7.57. The van der Waals surface area contributed by atoms with E-state index in [2.05, 4.69) is 54.5 Å². The summed E-state index contributed by atoms with van der Waals surface area (Å²) in [7, 11) is 0. The van der Waals surface area contributed by atoms with Crippen LogP contribution >= 0.6 is 0 Å². The molecule has 0 aliphatic heterocycles. The Labute approximate surface area is 207 Å². The number of carbonyl (C=O) groups is 1. The number of hydrogen-bond acceptors (Lipinski definition) is 3. The Morgan fingerprint density at radius 3 is 2.21 bits per heavy atom. The van der Waals surface area contributed by atoms with Gasteiger partial charge in [0.05, 0.1) is 6.10 Å². The number of carbonyl (C=O) groups excluding carboxylic acids is 1. The lowest BCUT2D eigenvalue weighted by atomic mass is 9.33. The van der Waals surface area contributed by atoms with Crippen molar-refractivity contribution >= 4 is 5.97 Å². The maximum atomic E-state index is 12.6. The van der Waals surface area contributed by atoms with Gasteiger partial charge in [0.15, 0.2) is 0 Å². The SMILES string of the molecule is CC1(C)CC[C@]2(C(=O)[O-])CC[C@]3(C)C(=CC[C@@H]4[C@@]5(C)CC[C@H](O)C(C)(C)[C@@H]5CC[C@]43C)[C@@H]2C1.[NH4+]. The molecule has 0 aromatic carbocycles. The molecule has 0 saturated heterocycles. The Morgan fingerprint density at radius 2 is 1.56 bits per heavy atom. The van der Waals surface area contributed by atoms with Gasteiger partial charge in [0.25, 0.3) is 0 Å². The van der Waals surface area contributed by atoms with Crippen LogP contribution in [0.3, 0.4) is 0 Å². The molecule has 0 bridgehead atoms. The number of aliphatic hydroxyl groups is 1. The first kappa shape index (κ1) is 26.2. The standard InChI is InChI=1S/C30H48O3.H3N/c1-25(2)14-16-30(24(32)33)17-15-28(6)19(20(30)18-25)8-9-22-27(5)12-11-23(31)26(3,4)21(27)10-13-29(22,28)7;/h8,20-23,31H,9-18H2,1-7H3,(H,32,33);1H3/t20-,21-,22+,23-,27-,28+,29+,30-;/m0./s1. The van der Waals surface area contributed by atoms with Crippen molar-refractivity contribution in [1.82, 2.24) is 6.15 Å². The number of carboxylic acid groups (broad SMARTS) is 1. The molecule has 0 heterocycles. The molecule has 0 unspecified atom stereocenters. The van der Waals surface area contributed by atoms with Crippen molar-refractivity contribution in [3.63, 3.8) is 0 Å². The van der Waals surface area contributed by atoms with E-state index < -0.39 is 11.4 Å². The normalized spacial score (nSPS) is 50.9. The second-order valence-corrected chi connectivity index (χ2v) is 15.0. The minimum Gasteiger partial charge on any atom is -0.550 e. The van der Waals surface area contributed by atoms with Crippen molar-refractivity contribution in [1.29, 1.82) is 0 Å². The summed E-state index contributed by atoms with van der Waals surface area (Å²) in [5.41, 5.74) is 1.43. The van der Waals surface area contributed by atoms with Crippen LogP contribution in [0.5, 0.6) is 0 Å². The van der Waals surface area contributed by atoms with Gasteiger partial charge in [-0.25, -0.2) is 0 Å². The number of quaternary nitrogens is 1. The Bertz CT molecular complexity index is 891. The number of carboxylic acids is 1. The summed E-state index contributed by atoms with van der Waals surface area (Å²) in [6, 6.07) is 0. The lowest BCUT2D eigenvalue weighted by molar-refractivity contribution is -0.327. The number of rotatable bonds is 1. The van der Waals surface area contributed by atoms with Crippen molar-refractivity contribution < 1.29 is 15.0 Å². The number of fused-ring (bicyclic) bond motifs is 7. The number of hydrogen-bond donors (Lipinski definition) is 2. The number of aliphatic carboxylic acids is 1. The molecule has 5 rings (SSSR count). The zero-order chi connectivity index (χ0) is 24.2. The minimum absolute atomic E-state index is 0. The van der Waals surface area contributed by atoms with Crippen LogP contribution in [0, 0.1) is 50.2 Å². The first-order valence-electron chi connectivity index (χ1n) is 13.7. The summed E-state index contributed by atoms with van der Waals surface area (Å²) >= 11 is 0. The first-order valence-corrected chi connectivity index (χ1v) is 13.7. The van der Waals surface area contributed by atoms with Crippen LogP contribution in [0.25, 0.3) is 0 Å². The summed E-state index contributed by atoms with van der Waals surface area (Å²) in [4.78, 5) is 12.6. The van der Waals surface area contributed by atoms with Gasteiger partial charge < -0.3 is 21.2 Å². The summed E-state index contributed by atoms with van der Waals surface area (Å²) in [6.45, 7) is 16.8. The molecule has 5 N–H and O–H groups in total. The number of aliphatic hydroxyl groups excluding tert-OH is 1. The van der Waals surface area contributed by atoms with E-state index in [-0.39, 0.29) is 45.2 Å². The lowest BCUT2D eigenvalue weighted by Crippen LogP contribution is -2.65. The largest absolute Gasteiger partial charge is 0.550 e. The van der Waals surface area contributed by atoms with E-state index in [1.807, 2.05) is 0 Å². The van der Waals surface area contributed by atoms with E-state index in [0.717, 1.165) is 51.4 Å². The smallest absolute Gasteiger partial charge is 0.0594 e. The van der Waals surface area contributed by atoms with Gasteiger partial charge in [-0.05, 0) is 109 Å². The molecule has 4 heteroatoms. The Balaban J connectivity index is 0.00000274. The van der Waals surface area contributed by atoms with Crippen LogP contribution in [0.2, 0.25) is 0 Å². The fourth-order valence-corrected chi connectivity index (χ4v) is 10.6. The van der Waals surface area contributed by atoms with Gasteiger partial charge in [0.2, 0.25) is 0 Å². The van der Waals surface area contributed by atoms with Crippen molar-refractivity contribution in [2.24, 2.45) is 50.2 Å². The van der Waals surface area contributed by atoms with E-state index in [1.165, 1.54) is 18.4 Å². The van der Waals surface area contributed by atoms with Crippen molar-refractivity contribution in [2.45, 2.75) is 119 Å². The molecular weight excluding hydrogens is 422 g/mol. The van der Waals surface area contributed by atoms with Crippen molar-refractivity contribution in [2.75, 3.05) is 0 Å². The van der Waals surface area contributed by atoms with Gasteiger partial charge >= 0.3 is 0 Å². The predicted octanol–water partition coefficient (Wildman–Crippen LogP) is 6.28. The van der Waals surface area contributed by atoms with Crippen LogP contribution in [0.1, 0.15) is 113 Å². The maximum absolute atomic E-state index is 12.6. The Kier molecular flexibility index (Phi) is 5.83. The van der Waals surface area contributed by atoms with E-state index in [1.54, 1.807) is 0 Å². The van der Waals surface area contributed by atoms with Crippen LogP contribution in [-0.4, -0.2) is 17.2 Å². The zero-order valence-corrected chi connectivity index (χ0v) is 23.2. The molecule has 0 amide bonds. The summed E-state index contributed by atoms with van der Waals surface area (Å²) in [5.74, 6) is 0.469. The highest BCUT2D eigenvalue weighted by atomic mass is 16.4. The maximum Gasteiger partial charge on any atom is 0.0594 e. The molecule has 194 valence electrons. The summed E-state index contributed by atoms with van der Waals surface area (Å²) in [5, 5.41) is 23.5. The molecule has 4 saturated carbocycles. The van der Waals surface area contributed by atoms with Crippen molar-refractivity contribution in [3.8, 4) is 0 Å². The van der Waals surface area contributed by atoms with E-state index >= 15 is 0 Å². The molecule has 0 aromatic heterocycles. The summed E-state index contributed by atoms with van der Waals surface area (Å²) in [6.07, 6.45) is 12.3. The molecule has 0 aromatic rings. The topological polar surface area (TPSA) is 96.9 Å². The average Bonchev–Trinajstić information content (AvgIpc) is 2.71. The van der Waals surface area contributed by atoms with Crippen LogP contribution in [-0.2, 0) is 4.79 Å². The van der Waals surface area contributed by atoms with Gasteiger partial charge in [-0.1, -0.05) is 60.1 Å². The average molecular weight is 474 g/mol. The first-order chi connectivity index (χ1) is 15.1. The molecule has 5 aliphatic rings. The van der Waals surface area contributed by atoms with Crippen LogP contribution in [0.15, 0.2) is 11.6 Å². The lowest BCUT2D eigenvalue weighted by Gasteiger charge is -2.71. The van der Waals surface area contributed by atoms with Crippen LogP contribution < -0.4 is 11.3 Å². The van der Waals surface area contributed by atoms with Crippen LogP contribution in [0.4, 0.5) is 0 Å².